The van der Waals surface area contributed by atoms with Gasteiger partial charge in [0.1, 0.15) is 23.1 Å². The Morgan fingerprint density at radius 3 is 1.79 bits per heavy atom. The summed E-state index contributed by atoms with van der Waals surface area (Å²) in [6, 6.07) is 12.2. The van der Waals surface area contributed by atoms with Crippen LogP contribution in [0.3, 0.4) is 0 Å². The van der Waals surface area contributed by atoms with Crippen LogP contribution >= 0.6 is 0 Å². The van der Waals surface area contributed by atoms with Gasteiger partial charge in [0.2, 0.25) is 0 Å². The number of ether oxygens (including phenoxy) is 2. The molecule has 2 unspecified atom stereocenters. The number of methoxy groups -OCH3 is 2. The molecule has 182 valence electrons. The summed E-state index contributed by atoms with van der Waals surface area (Å²) in [5, 5.41) is 0. The van der Waals surface area contributed by atoms with Crippen molar-refractivity contribution in [1.82, 2.24) is 0 Å². The molecule has 2 atom stereocenters. The van der Waals surface area contributed by atoms with Crippen molar-refractivity contribution in [3.05, 3.63) is 71.3 Å². The molecule has 0 heterocycles. The number of aryl methyl sites for hydroxylation is 2. The van der Waals surface area contributed by atoms with Crippen LogP contribution in [0.4, 0.5) is 0 Å². The summed E-state index contributed by atoms with van der Waals surface area (Å²) in [5.74, 6) is 2.63. The number of Topliss-reactive ketones (excluding diaryl/α,β-unsaturated/α-hetero) is 2. The summed E-state index contributed by atoms with van der Waals surface area (Å²) in [7, 11) is 3.36. The molecule has 0 saturated carbocycles. The second-order valence-electron chi connectivity index (χ2n) is 9.19. The average molecular weight is 463 g/mol. The van der Waals surface area contributed by atoms with E-state index in [0.717, 1.165) is 68.4 Å². The molecule has 0 aliphatic heterocycles. The first-order valence-electron chi connectivity index (χ1n) is 12.5. The van der Waals surface area contributed by atoms with Gasteiger partial charge in [-0.25, -0.2) is 0 Å². The van der Waals surface area contributed by atoms with Crippen LogP contribution in [0.15, 0.2) is 49.1 Å². The second kappa shape index (κ2) is 12.5. The van der Waals surface area contributed by atoms with Gasteiger partial charge in [0, 0.05) is 24.7 Å². The maximum atomic E-state index is 12.1. The lowest BCUT2D eigenvalue weighted by Crippen LogP contribution is -2.11. The van der Waals surface area contributed by atoms with Crippen LogP contribution in [-0.2, 0) is 22.4 Å². The Balaban J connectivity index is 0.000000191. The van der Waals surface area contributed by atoms with Crippen LogP contribution in [0.2, 0.25) is 0 Å². The third-order valence-electron chi connectivity index (χ3n) is 6.95. The third kappa shape index (κ3) is 6.16. The number of allylic oxidation sites excluding steroid dienone is 1. The molecule has 2 aliphatic rings. The minimum Gasteiger partial charge on any atom is -0.497 e. The van der Waals surface area contributed by atoms with E-state index in [-0.39, 0.29) is 11.8 Å². The molecule has 0 bridgehead atoms. The molecule has 0 fully saturated rings. The quantitative estimate of drug-likeness (QED) is 0.352. The second-order valence-corrected chi connectivity index (χ2v) is 9.19. The van der Waals surface area contributed by atoms with Gasteiger partial charge in [-0.2, -0.15) is 0 Å². The summed E-state index contributed by atoms with van der Waals surface area (Å²) < 4.78 is 10.5. The molecule has 0 amide bonds. The Kier molecular flexibility index (Phi) is 9.50. The molecule has 4 nitrogen and oxygen atoms in total. The van der Waals surface area contributed by atoms with Gasteiger partial charge in [0.05, 0.1) is 14.2 Å². The Bertz CT molecular complexity index is 1010. The summed E-state index contributed by atoms with van der Waals surface area (Å²) in [4.78, 5) is 24.1. The van der Waals surface area contributed by atoms with Crippen molar-refractivity contribution >= 4 is 11.6 Å². The number of rotatable bonds is 6. The Labute approximate surface area is 204 Å². The van der Waals surface area contributed by atoms with E-state index in [2.05, 4.69) is 31.7 Å². The highest BCUT2D eigenvalue weighted by Crippen LogP contribution is 2.34. The zero-order valence-corrected chi connectivity index (χ0v) is 20.9. The van der Waals surface area contributed by atoms with Crippen LogP contribution in [-0.4, -0.2) is 25.8 Å². The molecule has 2 aromatic carbocycles. The summed E-state index contributed by atoms with van der Waals surface area (Å²) in [6.45, 7) is 5.89. The van der Waals surface area contributed by atoms with Gasteiger partial charge in [-0.3, -0.25) is 9.59 Å². The van der Waals surface area contributed by atoms with E-state index in [1.807, 2.05) is 24.3 Å². The maximum absolute atomic E-state index is 12.1. The van der Waals surface area contributed by atoms with Gasteiger partial charge >= 0.3 is 0 Å². The fraction of sp³-hybridized carbons (Fsp3) is 0.467. The lowest BCUT2D eigenvalue weighted by Gasteiger charge is -2.16. The number of fused-ring (bicyclic) bond motifs is 2. The largest absolute Gasteiger partial charge is 0.497 e. The lowest BCUT2D eigenvalue weighted by atomic mass is 9.88. The van der Waals surface area contributed by atoms with Gasteiger partial charge < -0.3 is 9.47 Å². The predicted octanol–water partition coefficient (Wildman–Crippen LogP) is 6.74. The molecular weight excluding hydrogens is 424 g/mol. The number of ketones is 2. The summed E-state index contributed by atoms with van der Waals surface area (Å²) in [6.07, 6.45) is 9.87. The van der Waals surface area contributed by atoms with Gasteiger partial charge in [-0.1, -0.05) is 31.6 Å². The Morgan fingerprint density at radius 2 is 1.32 bits per heavy atom. The SMILES string of the molecule is C=CCC1C(=O)CCCc2cc(OC)ccc21.CCCC1C(=O)CCCc2cc(OC)ccc21. The highest BCUT2D eigenvalue weighted by atomic mass is 16.5. The van der Waals surface area contributed by atoms with Crippen LogP contribution in [0, 0.1) is 0 Å². The first kappa shape index (κ1) is 25.7. The van der Waals surface area contributed by atoms with E-state index in [1.165, 1.54) is 16.7 Å². The Hall–Kier alpha value is -2.88. The first-order valence-corrected chi connectivity index (χ1v) is 12.5. The normalized spacial score (nSPS) is 19.5. The fourth-order valence-corrected chi connectivity index (χ4v) is 5.16. The van der Waals surface area contributed by atoms with Gasteiger partial charge in [0.15, 0.2) is 0 Å². The van der Waals surface area contributed by atoms with Crippen molar-refractivity contribution in [2.24, 2.45) is 0 Å². The van der Waals surface area contributed by atoms with Gasteiger partial charge in [-0.05, 0) is 85.0 Å². The summed E-state index contributed by atoms with van der Waals surface area (Å²) in [5.41, 5.74) is 4.94. The Morgan fingerprint density at radius 1 is 0.824 bits per heavy atom. The van der Waals surface area contributed by atoms with Crippen molar-refractivity contribution in [1.29, 1.82) is 0 Å². The summed E-state index contributed by atoms with van der Waals surface area (Å²) >= 11 is 0. The molecule has 0 aromatic heterocycles. The fourth-order valence-electron chi connectivity index (χ4n) is 5.16. The minimum atomic E-state index is -0.00379. The van der Waals surface area contributed by atoms with E-state index < -0.39 is 0 Å². The zero-order chi connectivity index (χ0) is 24.5. The van der Waals surface area contributed by atoms with Crippen molar-refractivity contribution in [2.75, 3.05) is 14.2 Å². The van der Waals surface area contributed by atoms with E-state index in [4.69, 9.17) is 9.47 Å². The van der Waals surface area contributed by atoms with Crippen LogP contribution in [0.5, 0.6) is 11.5 Å². The highest BCUT2D eigenvalue weighted by Gasteiger charge is 2.26. The van der Waals surface area contributed by atoms with Crippen molar-refractivity contribution < 1.29 is 19.1 Å². The maximum Gasteiger partial charge on any atom is 0.140 e. The third-order valence-corrected chi connectivity index (χ3v) is 6.95. The molecule has 0 saturated heterocycles. The van der Waals surface area contributed by atoms with E-state index in [9.17, 15) is 9.59 Å². The molecule has 4 heteroatoms. The van der Waals surface area contributed by atoms with Gasteiger partial charge in [-0.15, -0.1) is 6.58 Å². The van der Waals surface area contributed by atoms with Crippen LogP contribution in [0.25, 0.3) is 0 Å². The molecule has 2 aromatic rings. The monoisotopic (exact) mass is 462 g/mol. The number of hydrogen-bond acceptors (Lipinski definition) is 4. The molecular formula is C30H38O4. The van der Waals surface area contributed by atoms with Gasteiger partial charge in [0.25, 0.3) is 0 Å². The molecule has 4 rings (SSSR count). The van der Waals surface area contributed by atoms with Crippen molar-refractivity contribution in [3.63, 3.8) is 0 Å². The number of carbonyl (C=O) groups is 2. The molecule has 0 radical (unpaired) electrons. The first-order chi connectivity index (χ1) is 16.5. The van der Waals surface area contributed by atoms with Crippen molar-refractivity contribution in [3.8, 4) is 11.5 Å². The number of carbonyl (C=O) groups excluding carboxylic acids is 2. The van der Waals surface area contributed by atoms with E-state index in [0.29, 0.717) is 18.0 Å². The smallest absolute Gasteiger partial charge is 0.140 e. The topological polar surface area (TPSA) is 52.6 Å². The van der Waals surface area contributed by atoms with Crippen LogP contribution < -0.4 is 9.47 Å². The number of hydrogen-bond donors (Lipinski definition) is 0. The zero-order valence-electron chi connectivity index (χ0n) is 20.9. The number of benzene rings is 2. The van der Waals surface area contributed by atoms with E-state index >= 15 is 0 Å². The minimum absolute atomic E-state index is 0.00379. The lowest BCUT2D eigenvalue weighted by molar-refractivity contribution is -0.121. The van der Waals surface area contributed by atoms with Crippen LogP contribution in [0.1, 0.15) is 86.0 Å². The standard InChI is InChI=1S/C15H20O2.C15H18O2/c2*1-3-5-14-13-9-8-12(17-2)10-11(13)6-4-7-15(14)16/h8-10,14H,3-7H2,1-2H3;3,8-10,14H,1,4-7H2,2H3. The molecule has 2 aliphatic carbocycles. The molecule has 0 spiro atoms. The molecule has 0 N–H and O–H groups in total. The van der Waals surface area contributed by atoms with E-state index in [1.54, 1.807) is 14.2 Å². The average Bonchev–Trinajstić information content (AvgIpc) is 3.10. The predicted molar refractivity (Wildman–Crippen MR) is 137 cm³/mol. The van der Waals surface area contributed by atoms with Crippen molar-refractivity contribution in [2.45, 2.75) is 76.5 Å². The highest BCUT2D eigenvalue weighted by molar-refractivity contribution is 5.87. The molecule has 34 heavy (non-hydrogen) atoms.